The number of fused-ring (bicyclic) bond motifs is 4. The van der Waals surface area contributed by atoms with Crippen LogP contribution in [0.2, 0.25) is 10.0 Å². The summed E-state index contributed by atoms with van der Waals surface area (Å²) in [7, 11) is 14.8. The van der Waals surface area contributed by atoms with Crippen LogP contribution in [0.5, 0.6) is 69.0 Å². The van der Waals surface area contributed by atoms with Crippen molar-refractivity contribution in [3.8, 4) is 69.0 Å². The summed E-state index contributed by atoms with van der Waals surface area (Å²) in [6, 6.07) is 82.9. The smallest absolute Gasteiger partial charge is 0.256 e. The Morgan fingerprint density at radius 3 is 1.15 bits per heavy atom. The highest BCUT2D eigenvalue weighted by Gasteiger charge is 2.38. The molecule has 22 heteroatoms. The number of carbonyl (C=O) groups is 4. The van der Waals surface area contributed by atoms with Crippen molar-refractivity contribution in [3.63, 3.8) is 0 Å². The van der Waals surface area contributed by atoms with E-state index < -0.39 is 0 Å². The van der Waals surface area contributed by atoms with E-state index in [4.69, 9.17) is 80.0 Å². The highest BCUT2D eigenvalue weighted by atomic mass is 35.5. The van der Waals surface area contributed by atoms with Gasteiger partial charge in [0.05, 0.1) is 104 Å². The number of hydrogen-bond acceptors (Lipinski definition) is 16. The Morgan fingerprint density at radius 1 is 0.325 bits per heavy atom. The van der Waals surface area contributed by atoms with E-state index in [0.717, 1.165) is 123 Å². The van der Waals surface area contributed by atoms with E-state index in [9.17, 15) is 19.2 Å². The van der Waals surface area contributed by atoms with Crippen LogP contribution in [0.25, 0.3) is 6.08 Å². The Labute approximate surface area is 747 Å². The van der Waals surface area contributed by atoms with E-state index in [-0.39, 0.29) is 59.4 Å². The topological polar surface area (TPSA) is 192 Å². The lowest BCUT2D eigenvalue weighted by Crippen LogP contribution is -2.42. The van der Waals surface area contributed by atoms with E-state index in [2.05, 4.69) is 31.2 Å². The van der Waals surface area contributed by atoms with Crippen LogP contribution in [0.3, 0.4) is 0 Å². The zero-order chi connectivity index (χ0) is 88.6. The lowest BCUT2D eigenvalue weighted by atomic mass is 9.89. The molecule has 0 saturated heterocycles. The van der Waals surface area contributed by atoms with Gasteiger partial charge >= 0.3 is 0 Å². The van der Waals surface area contributed by atoms with Gasteiger partial charge in [-0.3, -0.25) is 19.2 Å². The molecule has 12 aromatic carbocycles. The lowest BCUT2D eigenvalue weighted by molar-refractivity contribution is 0.0584. The van der Waals surface area contributed by atoms with Crippen LogP contribution in [0.4, 0.5) is 0 Å². The van der Waals surface area contributed by atoms with Gasteiger partial charge in [-0.05, 0) is 264 Å². The molecule has 4 aliphatic rings. The number of aryl methyl sites for hydroxylation is 1. The molecule has 4 atom stereocenters. The van der Waals surface area contributed by atoms with Gasteiger partial charge in [0.15, 0.2) is 11.5 Å². The van der Waals surface area contributed by atoms with Gasteiger partial charge in [-0.15, -0.1) is 0 Å². The number of amides is 4. The van der Waals surface area contributed by atoms with Crippen LogP contribution in [0.1, 0.15) is 128 Å². The first kappa shape index (κ1) is 90.2. The number of hydrogen-bond donors (Lipinski definition) is 0. The third-order valence-electron chi connectivity index (χ3n) is 22.9. The maximum absolute atomic E-state index is 13.6. The quantitative estimate of drug-likeness (QED) is 0.0524. The van der Waals surface area contributed by atoms with Crippen LogP contribution in [0, 0.1) is 0 Å². The van der Waals surface area contributed by atoms with Crippen molar-refractivity contribution < 1.29 is 76.0 Å². The van der Waals surface area contributed by atoms with E-state index in [1.165, 1.54) is 16.7 Å². The number of benzene rings is 12. The van der Waals surface area contributed by atoms with Crippen molar-refractivity contribution in [2.24, 2.45) is 0 Å². The molecule has 0 N–H and O–H groups in total. The summed E-state index contributed by atoms with van der Waals surface area (Å²) in [5, 5.41) is 0.610. The Hall–Kier alpha value is -13.6. The minimum atomic E-state index is -0.326. The fourth-order valence-corrected chi connectivity index (χ4v) is 16.5. The Balaban J connectivity index is 0.000000144. The second-order valence-corrected chi connectivity index (χ2v) is 30.8. The van der Waals surface area contributed by atoms with Gasteiger partial charge in [-0.2, -0.15) is 0 Å². The molecule has 650 valence electrons. The summed E-state index contributed by atoms with van der Waals surface area (Å²) in [5.74, 6) is 8.89. The average Bonchev–Trinajstić information content (AvgIpc) is 0.801. The van der Waals surface area contributed by atoms with Crippen LogP contribution in [0.15, 0.2) is 273 Å². The summed E-state index contributed by atoms with van der Waals surface area (Å²) in [6.45, 7) is 5.53. The SMILES string of the molecule is CCc1cc2c(cc1OC)C(COc1ccc(OC)cc1)N(C(=O)c1cccc(Cl)c1Cl)CC2.COc1ccc(/C=C/C2c3cc(OC)c(OC)cc3CCN2C(=O)c2ccccc2)cc1.COc1ccc(OCC2c3cc(OC)ccc3CCN2C(=O)c2ccccc2)cc1.COc1ccc(OCC2c3ccc(OC)cc3CCN2C(=O)c2ccccc2)cc1. The van der Waals surface area contributed by atoms with Crippen LogP contribution < -0.4 is 56.8 Å². The summed E-state index contributed by atoms with van der Waals surface area (Å²) in [6.07, 6.45) is 8.05. The molecular formula is C104H104Cl2N4O16. The second kappa shape index (κ2) is 43.7. The molecule has 0 fully saturated rings. The monoisotopic (exact) mass is 1730 g/mol. The summed E-state index contributed by atoms with van der Waals surface area (Å²) >= 11 is 12.6. The van der Waals surface area contributed by atoms with Crippen LogP contribution in [-0.2, 0) is 32.1 Å². The molecule has 16 rings (SSSR count). The molecule has 0 aromatic heterocycles. The molecule has 0 aliphatic carbocycles. The maximum atomic E-state index is 13.6. The fraction of sp³-hybridized carbons (Fsp3) is 0.250. The predicted octanol–water partition coefficient (Wildman–Crippen LogP) is 20.6. The number of halogens is 2. The third kappa shape index (κ3) is 21.8. The normalized spacial score (nSPS) is 15.2. The number of rotatable bonds is 25. The van der Waals surface area contributed by atoms with Gasteiger partial charge in [-0.1, -0.05) is 133 Å². The highest BCUT2D eigenvalue weighted by molar-refractivity contribution is 6.43. The largest absolute Gasteiger partial charge is 0.497 e. The molecule has 126 heavy (non-hydrogen) atoms. The van der Waals surface area contributed by atoms with Gasteiger partial charge in [0.1, 0.15) is 77.3 Å². The van der Waals surface area contributed by atoms with Crippen LogP contribution in [-0.4, -0.2) is 153 Å². The van der Waals surface area contributed by atoms with E-state index in [1.807, 2.05) is 256 Å². The zero-order valence-corrected chi connectivity index (χ0v) is 73.9. The molecule has 12 aromatic rings. The van der Waals surface area contributed by atoms with Gasteiger partial charge in [0, 0.05) is 42.9 Å². The third-order valence-corrected chi connectivity index (χ3v) is 23.7. The molecule has 4 aliphatic heterocycles. The number of nitrogens with zero attached hydrogens (tertiary/aromatic N) is 4. The Kier molecular flexibility index (Phi) is 31.2. The van der Waals surface area contributed by atoms with Gasteiger partial charge < -0.3 is 76.4 Å². The predicted molar refractivity (Wildman–Crippen MR) is 491 cm³/mol. The molecule has 4 amide bonds. The first-order valence-electron chi connectivity index (χ1n) is 41.7. The molecule has 4 unspecified atom stereocenters. The molecule has 0 radical (unpaired) electrons. The molecule has 0 bridgehead atoms. The van der Waals surface area contributed by atoms with Crippen molar-refractivity contribution in [3.05, 3.63) is 361 Å². The maximum Gasteiger partial charge on any atom is 0.256 e. The van der Waals surface area contributed by atoms with Crippen LogP contribution >= 0.6 is 23.2 Å². The summed E-state index contributed by atoms with van der Waals surface area (Å²) in [5.41, 5.74) is 13.6. The zero-order valence-electron chi connectivity index (χ0n) is 72.4. The second-order valence-electron chi connectivity index (χ2n) is 30.0. The fourth-order valence-electron chi connectivity index (χ4n) is 16.1. The number of carbonyl (C=O) groups excluding carboxylic acids is 4. The van der Waals surface area contributed by atoms with E-state index >= 15 is 0 Å². The average molecular weight is 1740 g/mol. The standard InChI is InChI=1S/C27H27Cl2NO4.C27H27NO4.2C25H25NO4/c1-4-17-14-18-12-13-30(27(31)21-6-5-7-23(28)26(21)29)24(22(18)15-25(17)33-3)16-34-20-10-8-19(32-2)9-11-20;1-30-22-12-9-19(10-13-22)11-14-24-23-18-26(32-3)25(31-2)17-21(23)15-16-28(24)27(29)20-7-5-4-6-8-20;1-28-20-8-10-21(11-9-20)30-17-24-23-13-12-22(29-2)16-19(23)14-15-26(24)25(27)18-6-4-3-5-7-18;1-28-20-10-12-21(13-11-20)30-17-24-23-16-22(29-2)9-8-18(23)14-15-26(24)25(27)19-6-4-3-5-7-19/h5-11,14-15,24H,4,12-13,16H2,1-3H3;4-14,17-18,24H,15-16H2,1-3H3;2*3-13,16,24H,14-15,17H2,1-2H3/b;14-11+;;. The van der Waals surface area contributed by atoms with Gasteiger partial charge in [-0.25, -0.2) is 0 Å². The van der Waals surface area contributed by atoms with Crippen molar-refractivity contribution in [2.75, 3.05) is 110 Å². The Bertz CT molecular complexity index is 5690. The lowest BCUT2D eigenvalue weighted by Gasteiger charge is -2.38. The van der Waals surface area contributed by atoms with Gasteiger partial charge in [0.25, 0.3) is 23.6 Å². The molecule has 0 spiro atoms. The first-order valence-corrected chi connectivity index (χ1v) is 42.5. The first-order chi connectivity index (χ1) is 61.5. The molecular weight excluding hydrogens is 1630 g/mol. The van der Waals surface area contributed by atoms with E-state index in [1.54, 1.807) is 82.2 Å². The van der Waals surface area contributed by atoms with Gasteiger partial charge in [0.2, 0.25) is 0 Å². The minimum absolute atomic E-state index is 0.00685. The van der Waals surface area contributed by atoms with E-state index in [0.29, 0.717) is 83.9 Å². The van der Waals surface area contributed by atoms with Crippen molar-refractivity contribution in [1.82, 2.24) is 19.6 Å². The minimum Gasteiger partial charge on any atom is -0.497 e. The number of methoxy groups -OCH3 is 9. The molecule has 0 saturated carbocycles. The number of ether oxygens (including phenoxy) is 12. The summed E-state index contributed by atoms with van der Waals surface area (Å²) < 4.78 is 66.8. The van der Waals surface area contributed by atoms with Crippen molar-refractivity contribution in [1.29, 1.82) is 0 Å². The van der Waals surface area contributed by atoms with Crippen molar-refractivity contribution >= 4 is 52.9 Å². The highest BCUT2D eigenvalue weighted by Crippen LogP contribution is 2.43. The molecule has 20 nitrogen and oxygen atoms in total. The molecule has 4 heterocycles. The Morgan fingerprint density at radius 2 is 0.690 bits per heavy atom. The van der Waals surface area contributed by atoms with Crippen molar-refractivity contribution in [2.45, 2.75) is 63.2 Å². The summed E-state index contributed by atoms with van der Waals surface area (Å²) in [4.78, 5) is 61.2.